The average molecular weight is 396 g/mol. The van der Waals surface area contributed by atoms with Crippen LogP contribution in [0.25, 0.3) is 0 Å². The molecule has 0 fully saturated rings. The van der Waals surface area contributed by atoms with Crippen molar-refractivity contribution in [2.75, 3.05) is 11.9 Å². The summed E-state index contributed by atoms with van der Waals surface area (Å²) in [6.45, 7) is 5.04. The monoisotopic (exact) mass is 396 g/mol. The zero-order valence-electron chi connectivity index (χ0n) is 16.7. The summed E-state index contributed by atoms with van der Waals surface area (Å²) in [6.07, 6.45) is 1.15. The van der Waals surface area contributed by atoms with Gasteiger partial charge in [-0.15, -0.1) is 0 Å². The van der Waals surface area contributed by atoms with Gasteiger partial charge in [0.2, 0.25) is 5.91 Å². The van der Waals surface area contributed by atoms with E-state index in [1.807, 2.05) is 25.1 Å². The highest BCUT2D eigenvalue weighted by molar-refractivity contribution is 5.95. The van der Waals surface area contributed by atoms with Crippen LogP contribution in [0, 0.1) is 13.8 Å². The largest absolute Gasteiger partial charge is 0.481 e. The van der Waals surface area contributed by atoms with Crippen LogP contribution in [0.15, 0.2) is 30.3 Å². The third kappa shape index (κ3) is 4.74. The Kier molecular flexibility index (Phi) is 5.87. The first-order valence-electron chi connectivity index (χ1n) is 9.44. The number of carbonyl (C=O) groups is 3. The van der Waals surface area contributed by atoms with Crippen molar-refractivity contribution in [3.05, 3.63) is 58.1 Å². The minimum absolute atomic E-state index is 0.0214. The first-order chi connectivity index (χ1) is 13.7. The number of carboxylic acid groups (broad SMARTS) is 1. The standard InChI is InChI=1S/C22H24N2O5/c1-12-8-17(9-13(2)21(12)29-11-20(26)27)22(28)23-14(3)15-4-6-18-16(10-15)5-7-19(25)24-18/h4,6,8-10,14H,5,7,11H2,1-3H3,(H,23,28)(H,24,25)(H,26,27). The lowest BCUT2D eigenvalue weighted by molar-refractivity contribution is -0.139. The van der Waals surface area contributed by atoms with Gasteiger partial charge in [0.1, 0.15) is 5.75 Å². The number of anilines is 1. The summed E-state index contributed by atoms with van der Waals surface area (Å²) in [6, 6.07) is 8.94. The number of carbonyl (C=O) groups excluding carboxylic acids is 2. The second-order valence-electron chi connectivity index (χ2n) is 7.28. The highest BCUT2D eigenvalue weighted by Gasteiger charge is 2.18. The van der Waals surface area contributed by atoms with Crippen LogP contribution in [-0.2, 0) is 16.0 Å². The van der Waals surface area contributed by atoms with E-state index in [-0.39, 0.29) is 17.9 Å². The van der Waals surface area contributed by atoms with Gasteiger partial charge >= 0.3 is 5.97 Å². The summed E-state index contributed by atoms with van der Waals surface area (Å²) < 4.78 is 5.31. The molecule has 0 aliphatic carbocycles. The first kappa shape index (κ1) is 20.4. The van der Waals surface area contributed by atoms with Gasteiger partial charge in [-0.2, -0.15) is 0 Å². The van der Waals surface area contributed by atoms with Gasteiger partial charge in [0.25, 0.3) is 5.91 Å². The molecule has 1 unspecified atom stereocenters. The molecule has 0 bridgehead atoms. The van der Waals surface area contributed by atoms with E-state index >= 15 is 0 Å². The van der Waals surface area contributed by atoms with Crippen molar-refractivity contribution in [3.63, 3.8) is 0 Å². The molecule has 0 aromatic heterocycles. The van der Waals surface area contributed by atoms with E-state index < -0.39 is 12.6 Å². The maximum atomic E-state index is 12.7. The molecule has 1 aliphatic rings. The number of fused-ring (bicyclic) bond motifs is 1. The normalized spacial score (nSPS) is 13.8. The van der Waals surface area contributed by atoms with E-state index in [1.54, 1.807) is 26.0 Å². The van der Waals surface area contributed by atoms with Crippen molar-refractivity contribution < 1.29 is 24.2 Å². The molecule has 0 saturated heterocycles. The highest BCUT2D eigenvalue weighted by Crippen LogP contribution is 2.27. The quantitative estimate of drug-likeness (QED) is 0.696. The average Bonchev–Trinajstić information content (AvgIpc) is 2.66. The maximum Gasteiger partial charge on any atom is 0.341 e. The number of aryl methyl sites for hydroxylation is 3. The van der Waals surface area contributed by atoms with Crippen molar-refractivity contribution >= 4 is 23.5 Å². The molecule has 0 spiro atoms. The summed E-state index contributed by atoms with van der Waals surface area (Å²) in [5.41, 5.74) is 4.74. The van der Waals surface area contributed by atoms with Crippen LogP contribution in [0.4, 0.5) is 5.69 Å². The summed E-state index contributed by atoms with van der Waals surface area (Å²) in [5, 5.41) is 14.6. The van der Waals surface area contributed by atoms with Crippen LogP contribution >= 0.6 is 0 Å². The van der Waals surface area contributed by atoms with Crippen LogP contribution in [-0.4, -0.2) is 29.5 Å². The van der Waals surface area contributed by atoms with E-state index in [4.69, 9.17) is 9.84 Å². The lowest BCUT2D eigenvalue weighted by atomic mass is 9.97. The number of carboxylic acids is 1. The fraction of sp³-hybridized carbons (Fsp3) is 0.318. The van der Waals surface area contributed by atoms with Crippen molar-refractivity contribution in [1.82, 2.24) is 5.32 Å². The highest BCUT2D eigenvalue weighted by atomic mass is 16.5. The molecule has 3 N–H and O–H groups in total. The number of rotatable bonds is 6. The molecule has 3 rings (SSSR count). The number of nitrogens with one attached hydrogen (secondary N) is 2. The summed E-state index contributed by atoms with van der Waals surface area (Å²) >= 11 is 0. The fourth-order valence-corrected chi connectivity index (χ4v) is 3.48. The molecule has 1 heterocycles. The molecule has 2 aromatic rings. The SMILES string of the molecule is Cc1cc(C(=O)NC(C)c2ccc3c(c2)CCC(=O)N3)cc(C)c1OCC(=O)O. The summed E-state index contributed by atoms with van der Waals surface area (Å²) in [7, 11) is 0. The van der Waals surface area contributed by atoms with E-state index in [9.17, 15) is 14.4 Å². The van der Waals surface area contributed by atoms with E-state index in [0.29, 0.717) is 35.3 Å². The van der Waals surface area contributed by atoms with Gasteiger partial charge in [0, 0.05) is 17.7 Å². The molecule has 152 valence electrons. The molecule has 1 aliphatic heterocycles. The Labute approximate surface area is 169 Å². The van der Waals surface area contributed by atoms with Crippen LogP contribution in [0.1, 0.15) is 52.0 Å². The Balaban J connectivity index is 1.73. The molecule has 0 radical (unpaired) electrons. The first-order valence-corrected chi connectivity index (χ1v) is 9.44. The lowest BCUT2D eigenvalue weighted by Gasteiger charge is -2.21. The predicted octanol–water partition coefficient (Wildman–Crippen LogP) is 3.14. The van der Waals surface area contributed by atoms with Crippen LogP contribution < -0.4 is 15.4 Å². The Hall–Kier alpha value is -3.35. The zero-order valence-corrected chi connectivity index (χ0v) is 16.7. The van der Waals surface area contributed by atoms with E-state index in [0.717, 1.165) is 16.8 Å². The van der Waals surface area contributed by atoms with Crippen molar-refractivity contribution in [2.24, 2.45) is 0 Å². The second kappa shape index (κ2) is 8.34. The molecular weight excluding hydrogens is 372 g/mol. The molecule has 7 nitrogen and oxygen atoms in total. The Morgan fingerprint density at radius 2 is 1.86 bits per heavy atom. The topological polar surface area (TPSA) is 105 Å². The molecule has 2 amide bonds. The molecule has 1 atom stereocenters. The summed E-state index contributed by atoms with van der Waals surface area (Å²) in [4.78, 5) is 35.0. The van der Waals surface area contributed by atoms with Gasteiger partial charge in [0.05, 0.1) is 6.04 Å². The fourth-order valence-electron chi connectivity index (χ4n) is 3.48. The number of hydrogen-bond donors (Lipinski definition) is 3. The predicted molar refractivity (Wildman–Crippen MR) is 108 cm³/mol. The van der Waals surface area contributed by atoms with Crippen molar-refractivity contribution in [2.45, 2.75) is 39.7 Å². The number of ether oxygens (including phenoxy) is 1. The zero-order chi connectivity index (χ0) is 21.1. The van der Waals surface area contributed by atoms with Gasteiger partial charge in [-0.05, 0) is 67.6 Å². The Bertz CT molecular complexity index is 960. The van der Waals surface area contributed by atoms with Gasteiger partial charge in [-0.25, -0.2) is 4.79 Å². The molecule has 0 saturated carbocycles. The summed E-state index contributed by atoms with van der Waals surface area (Å²) in [5.74, 6) is -0.773. The third-order valence-electron chi connectivity index (χ3n) is 4.93. The minimum atomic E-state index is -1.05. The molecular formula is C22H24N2O5. The Morgan fingerprint density at radius 3 is 2.52 bits per heavy atom. The molecule has 7 heteroatoms. The minimum Gasteiger partial charge on any atom is -0.481 e. The number of aliphatic carboxylic acids is 1. The molecule has 2 aromatic carbocycles. The van der Waals surface area contributed by atoms with Gasteiger partial charge in [0.15, 0.2) is 6.61 Å². The Morgan fingerprint density at radius 1 is 1.17 bits per heavy atom. The van der Waals surface area contributed by atoms with Gasteiger partial charge in [-0.3, -0.25) is 9.59 Å². The van der Waals surface area contributed by atoms with Crippen LogP contribution in [0.2, 0.25) is 0 Å². The van der Waals surface area contributed by atoms with E-state index in [2.05, 4.69) is 10.6 Å². The van der Waals surface area contributed by atoms with Crippen LogP contribution in [0.5, 0.6) is 5.75 Å². The van der Waals surface area contributed by atoms with Crippen molar-refractivity contribution in [1.29, 1.82) is 0 Å². The van der Waals surface area contributed by atoms with Gasteiger partial charge < -0.3 is 20.5 Å². The van der Waals surface area contributed by atoms with Gasteiger partial charge in [-0.1, -0.05) is 12.1 Å². The second-order valence-corrected chi connectivity index (χ2v) is 7.28. The lowest BCUT2D eigenvalue weighted by Crippen LogP contribution is -2.27. The van der Waals surface area contributed by atoms with Crippen LogP contribution in [0.3, 0.4) is 0 Å². The number of benzene rings is 2. The van der Waals surface area contributed by atoms with E-state index in [1.165, 1.54) is 0 Å². The number of amides is 2. The maximum absolute atomic E-state index is 12.7. The van der Waals surface area contributed by atoms with Crippen molar-refractivity contribution in [3.8, 4) is 5.75 Å². The molecule has 29 heavy (non-hydrogen) atoms. The smallest absolute Gasteiger partial charge is 0.341 e. The number of hydrogen-bond acceptors (Lipinski definition) is 4. The third-order valence-corrected chi connectivity index (χ3v) is 4.93.